The minimum atomic E-state index is 0.107. The Morgan fingerprint density at radius 3 is 3.10 bits per heavy atom. The lowest BCUT2D eigenvalue weighted by Gasteiger charge is -2.38. The Kier molecular flexibility index (Phi) is 4.21. The molecule has 1 aliphatic carbocycles. The number of fused-ring (bicyclic) bond motifs is 1. The molecular formula is C17H21N3O. The number of nitrogens with two attached hydrogens (primary N) is 1. The van der Waals surface area contributed by atoms with Crippen LogP contribution >= 0.6 is 0 Å². The second-order valence-electron chi connectivity index (χ2n) is 5.83. The lowest BCUT2D eigenvalue weighted by atomic mass is 9.91. The van der Waals surface area contributed by atoms with Crippen LogP contribution in [0.25, 0.3) is 0 Å². The Morgan fingerprint density at radius 1 is 1.38 bits per heavy atom. The van der Waals surface area contributed by atoms with Gasteiger partial charge in [0.25, 0.3) is 5.91 Å². The highest BCUT2D eigenvalue weighted by Crippen LogP contribution is 2.37. The number of piperidine rings is 1. The molecule has 2 fully saturated rings. The van der Waals surface area contributed by atoms with Crippen molar-refractivity contribution in [3.63, 3.8) is 0 Å². The third-order valence-electron chi connectivity index (χ3n) is 4.63. The first-order valence-electron chi connectivity index (χ1n) is 7.75. The highest BCUT2D eigenvalue weighted by atomic mass is 16.2. The number of carbonyl (C=O) groups is 1. The summed E-state index contributed by atoms with van der Waals surface area (Å²) in [6.07, 6.45) is 9.36. The highest BCUT2D eigenvalue weighted by molar-refractivity contribution is 5.96. The van der Waals surface area contributed by atoms with Gasteiger partial charge < -0.3 is 10.6 Å². The predicted octanol–water partition coefficient (Wildman–Crippen LogP) is 1.80. The molecule has 2 N–H and O–H groups in total. The smallest absolute Gasteiger partial charge is 0.255 e. The average molecular weight is 283 g/mol. The molecule has 4 heteroatoms. The number of carbonyl (C=O) groups excluding carboxylic acids is 1. The molecule has 2 unspecified atom stereocenters. The molecule has 0 bridgehead atoms. The number of hydrogen-bond acceptors (Lipinski definition) is 3. The molecule has 3 rings (SSSR count). The van der Waals surface area contributed by atoms with Crippen molar-refractivity contribution in [3.8, 4) is 11.8 Å². The quantitative estimate of drug-likeness (QED) is 0.799. The van der Waals surface area contributed by atoms with E-state index in [9.17, 15) is 4.79 Å². The van der Waals surface area contributed by atoms with Gasteiger partial charge in [0.15, 0.2) is 0 Å². The molecule has 2 aliphatic rings. The van der Waals surface area contributed by atoms with Crippen LogP contribution in [0.4, 0.5) is 0 Å². The van der Waals surface area contributed by atoms with Crippen LogP contribution in [-0.4, -0.2) is 34.9 Å². The molecule has 21 heavy (non-hydrogen) atoms. The molecule has 0 radical (unpaired) electrons. The third-order valence-corrected chi connectivity index (χ3v) is 4.63. The average Bonchev–Trinajstić information content (AvgIpc) is 3.01. The van der Waals surface area contributed by atoms with Crippen LogP contribution in [0, 0.1) is 17.8 Å². The van der Waals surface area contributed by atoms with Crippen molar-refractivity contribution < 1.29 is 4.79 Å². The van der Waals surface area contributed by atoms with E-state index >= 15 is 0 Å². The number of nitrogens with zero attached hydrogens (tertiary/aromatic N) is 2. The summed E-state index contributed by atoms with van der Waals surface area (Å²) in [4.78, 5) is 19.1. The van der Waals surface area contributed by atoms with E-state index in [1.807, 2.05) is 0 Å². The van der Waals surface area contributed by atoms with Gasteiger partial charge in [-0.1, -0.05) is 18.3 Å². The van der Waals surface area contributed by atoms with Crippen LogP contribution in [0.5, 0.6) is 0 Å². The zero-order chi connectivity index (χ0) is 14.7. The summed E-state index contributed by atoms with van der Waals surface area (Å²) < 4.78 is 0. The van der Waals surface area contributed by atoms with Gasteiger partial charge in [-0.2, -0.15) is 0 Å². The summed E-state index contributed by atoms with van der Waals surface area (Å²) in [5.41, 5.74) is 6.78. The number of hydrogen-bond donors (Lipinski definition) is 1. The van der Waals surface area contributed by atoms with Gasteiger partial charge in [0.05, 0.1) is 17.7 Å². The van der Waals surface area contributed by atoms with E-state index in [-0.39, 0.29) is 12.5 Å². The predicted molar refractivity (Wildman–Crippen MR) is 81.6 cm³/mol. The zero-order valence-electron chi connectivity index (χ0n) is 12.2. The lowest BCUT2D eigenvalue weighted by Crippen LogP contribution is -2.46. The van der Waals surface area contributed by atoms with Gasteiger partial charge in [-0.15, -0.1) is 0 Å². The second-order valence-corrected chi connectivity index (χ2v) is 5.83. The summed E-state index contributed by atoms with van der Waals surface area (Å²) in [5, 5.41) is 0. The molecule has 2 heterocycles. The maximum absolute atomic E-state index is 12.9. The summed E-state index contributed by atoms with van der Waals surface area (Å²) in [6, 6.07) is 2.20. The molecular weight excluding hydrogens is 262 g/mol. The molecule has 1 saturated heterocycles. The summed E-state index contributed by atoms with van der Waals surface area (Å²) in [6.45, 7) is 1.16. The fraction of sp³-hybridized carbons (Fsp3) is 0.529. The first-order chi connectivity index (χ1) is 10.3. The monoisotopic (exact) mass is 283 g/mol. The first-order valence-corrected chi connectivity index (χ1v) is 7.75. The van der Waals surface area contributed by atoms with E-state index in [0.29, 0.717) is 23.1 Å². The van der Waals surface area contributed by atoms with Crippen molar-refractivity contribution in [1.29, 1.82) is 0 Å². The molecule has 0 spiro atoms. The lowest BCUT2D eigenvalue weighted by molar-refractivity contribution is 0.0548. The van der Waals surface area contributed by atoms with Crippen LogP contribution in [0.3, 0.4) is 0 Å². The Morgan fingerprint density at radius 2 is 2.24 bits per heavy atom. The van der Waals surface area contributed by atoms with E-state index in [1.165, 1.54) is 19.3 Å². The molecule has 1 aromatic rings. The highest BCUT2D eigenvalue weighted by Gasteiger charge is 2.37. The van der Waals surface area contributed by atoms with Gasteiger partial charge in [-0.3, -0.25) is 9.78 Å². The van der Waals surface area contributed by atoms with Gasteiger partial charge in [-0.05, 0) is 37.7 Å². The normalized spacial score (nSPS) is 24.1. The molecule has 0 aromatic carbocycles. The van der Waals surface area contributed by atoms with Gasteiger partial charge >= 0.3 is 0 Å². The second kappa shape index (κ2) is 6.28. The minimum absolute atomic E-state index is 0.107. The topological polar surface area (TPSA) is 59.2 Å². The van der Waals surface area contributed by atoms with E-state index in [1.54, 1.807) is 18.5 Å². The summed E-state index contributed by atoms with van der Waals surface area (Å²) >= 11 is 0. The molecule has 2 atom stereocenters. The van der Waals surface area contributed by atoms with Crippen molar-refractivity contribution in [1.82, 2.24) is 9.88 Å². The molecule has 110 valence electrons. The van der Waals surface area contributed by atoms with E-state index < -0.39 is 0 Å². The van der Waals surface area contributed by atoms with Crippen LogP contribution in [0.2, 0.25) is 0 Å². The number of amides is 1. The largest absolute Gasteiger partial charge is 0.335 e. The van der Waals surface area contributed by atoms with Crippen LogP contribution in [0.1, 0.15) is 48.0 Å². The minimum Gasteiger partial charge on any atom is -0.335 e. The van der Waals surface area contributed by atoms with Crippen LogP contribution in [0.15, 0.2) is 18.5 Å². The SMILES string of the molecule is NCC#Cc1cnccc1C(=O)N1CCCC2CCCC21. The van der Waals surface area contributed by atoms with Crippen molar-refractivity contribution in [2.75, 3.05) is 13.1 Å². The zero-order valence-corrected chi connectivity index (χ0v) is 12.2. The third kappa shape index (κ3) is 2.79. The number of rotatable bonds is 1. The Labute approximate surface area is 125 Å². The van der Waals surface area contributed by atoms with E-state index in [0.717, 1.165) is 19.4 Å². The van der Waals surface area contributed by atoms with Crippen LogP contribution < -0.4 is 5.73 Å². The van der Waals surface area contributed by atoms with Gasteiger partial charge in [0, 0.05) is 25.0 Å². The number of pyridine rings is 1. The molecule has 1 aliphatic heterocycles. The van der Waals surface area contributed by atoms with Crippen molar-refractivity contribution >= 4 is 5.91 Å². The number of aromatic nitrogens is 1. The van der Waals surface area contributed by atoms with Gasteiger partial charge in [0.1, 0.15) is 0 Å². The van der Waals surface area contributed by atoms with Crippen molar-refractivity contribution in [2.24, 2.45) is 11.7 Å². The Hall–Kier alpha value is -1.86. The first kappa shape index (κ1) is 14.1. The Bertz CT molecular complexity index is 587. The van der Waals surface area contributed by atoms with E-state index in [2.05, 4.69) is 21.7 Å². The molecule has 1 saturated carbocycles. The van der Waals surface area contributed by atoms with Gasteiger partial charge in [-0.25, -0.2) is 0 Å². The van der Waals surface area contributed by atoms with Crippen LogP contribution in [-0.2, 0) is 0 Å². The van der Waals surface area contributed by atoms with Crippen molar-refractivity contribution in [2.45, 2.75) is 38.1 Å². The summed E-state index contributed by atoms with van der Waals surface area (Å²) in [7, 11) is 0. The molecule has 1 aromatic heterocycles. The number of likely N-dealkylation sites (tertiary alicyclic amines) is 1. The van der Waals surface area contributed by atoms with Gasteiger partial charge in [0.2, 0.25) is 0 Å². The Balaban J connectivity index is 1.88. The molecule has 1 amide bonds. The standard InChI is InChI=1S/C17H21N3O/c18-9-2-5-14-12-19-10-8-15(14)17(21)20-11-3-6-13-4-1-7-16(13)20/h8,10,12-13,16H,1,3-4,6-7,9,11,18H2. The molecule has 4 nitrogen and oxygen atoms in total. The fourth-order valence-corrected chi connectivity index (χ4v) is 3.69. The summed E-state index contributed by atoms with van der Waals surface area (Å²) in [5.74, 6) is 6.59. The maximum Gasteiger partial charge on any atom is 0.255 e. The fourth-order valence-electron chi connectivity index (χ4n) is 3.69. The maximum atomic E-state index is 12.9. The van der Waals surface area contributed by atoms with E-state index in [4.69, 9.17) is 5.73 Å². The van der Waals surface area contributed by atoms with Crippen molar-refractivity contribution in [3.05, 3.63) is 29.6 Å².